The maximum atomic E-state index is 13.0. The van der Waals surface area contributed by atoms with Gasteiger partial charge in [0.15, 0.2) is 22.5 Å². The summed E-state index contributed by atoms with van der Waals surface area (Å²) in [5.41, 5.74) is 17.8. The van der Waals surface area contributed by atoms with Gasteiger partial charge in [-0.25, -0.2) is 15.0 Å². The first-order valence-corrected chi connectivity index (χ1v) is 13.5. The molecule has 2 aliphatic heterocycles. The zero-order valence-corrected chi connectivity index (χ0v) is 22.9. The number of amides is 2. The van der Waals surface area contributed by atoms with Crippen LogP contribution in [0.25, 0.3) is 0 Å². The Kier molecular flexibility index (Phi) is 9.08. The maximum Gasteiger partial charge on any atom is 0.273 e. The molecular weight excluding hydrogens is 531 g/mol. The molecule has 2 amide bonds. The monoisotopic (exact) mass is 564 g/mol. The first-order chi connectivity index (χ1) is 18.2. The zero-order valence-electron chi connectivity index (χ0n) is 21.4. The van der Waals surface area contributed by atoms with Gasteiger partial charge in [0, 0.05) is 57.9 Å². The lowest BCUT2D eigenvalue weighted by atomic mass is 9.97. The van der Waals surface area contributed by atoms with E-state index in [4.69, 9.17) is 40.4 Å². The molecular formula is C24H34Cl2N10O2. The van der Waals surface area contributed by atoms with E-state index in [0.717, 1.165) is 25.8 Å². The molecule has 206 valence electrons. The van der Waals surface area contributed by atoms with E-state index in [0.29, 0.717) is 56.7 Å². The Hall–Kier alpha value is -2.93. The number of hydrogen-bond acceptors (Lipinski definition) is 10. The lowest BCUT2D eigenvalue weighted by Crippen LogP contribution is -2.58. The van der Waals surface area contributed by atoms with E-state index in [9.17, 15) is 9.59 Å². The van der Waals surface area contributed by atoms with E-state index < -0.39 is 5.91 Å². The second-order valence-corrected chi connectivity index (χ2v) is 10.2. The molecule has 4 rings (SSSR count). The number of nitrogen functional groups attached to an aromatic ring is 2. The van der Waals surface area contributed by atoms with Crippen molar-refractivity contribution in [3.05, 3.63) is 33.7 Å². The van der Waals surface area contributed by atoms with E-state index >= 15 is 0 Å². The molecule has 4 heterocycles. The highest BCUT2D eigenvalue weighted by molar-refractivity contribution is 6.32. The molecule has 0 bridgehead atoms. The molecule has 0 radical (unpaired) electrons. The SMILES string of the molecule is CC[C@H]1CN(c2nc(N)c(C(=O)NCCN)nc2Cl)CCN1C1CCN(C(=O)c2ccc(Cl)nc2N)CC1. The maximum absolute atomic E-state index is 13.0. The van der Waals surface area contributed by atoms with Gasteiger partial charge in [-0.1, -0.05) is 30.1 Å². The molecule has 2 aromatic rings. The Bertz CT molecular complexity index is 1180. The number of piperidine rings is 1. The van der Waals surface area contributed by atoms with Gasteiger partial charge in [-0.2, -0.15) is 0 Å². The van der Waals surface area contributed by atoms with E-state index in [2.05, 4.69) is 37.0 Å². The van der Waals surface area contributed by atoms with Gasteiger partial charge in [0.1, 0.15) is 11.0 Å². The van der Waals surface area contributed by atoms with Crippen LogP contribution < -0.4 is 27.4 Å². The molecule has 12 nitrogen and oxygen atoms in total. The number of piperazine rings is 1. The van der Waals surface area contributed by atoms with Gasteiger partial charge in [-0.3, -0.25) is 14.5 Å². The van der Waals surface area contributed by atoms with Gasteiger partial charge in [-0.05, 0) is 31.4 Å². The Morgan fingerprint density at radius 2 is 1.79 bits per heavy atom. The fraction of sp³-hybridized carbons (Fsp3) is 0.542. The van der Waals surface area contributed by atoms with Gasteiger partial charge >= 0.3 is 0 Å². The molecule has 38 heavy (non-hydrogen) atoms. The van der Waals surface area contributed by atoms with Crippen LogP contribution in [0.4, 0.5) is 17.5 Å². The molecule has 7 N–H and O–H groups in total. The van der Waals surface area contributed by atoms with Crippen molar-refractivity contribution >= 4 is 52.5 Å². The summed E-state index contributed by atoms with van der Waals surface area (Å²) >= 11 is 12.3. The molecule has 14 heteroatoms. The molecule has 0 aromatic carbocycles. The molecule has 0 spiro atoms. The van der Waals surface area contributed by atoms with Crippen LogP contribution in [0.1, 0.15) is 47.0 Å². The van der Waals surface area contributed by atoms with Crippen LogP contribution in [0.3, 0.4) is 0 Å². The van der Waals surface area contributed by atoms with Crippen LogP contribution in [0.5, 0.6) is 0 Å². The Morgan fingerprint density at radius 3 is 2.45 bits per heavy atom. The number of nitrogens with two attached hydrogens (primary N) is 3. The fourth-order valence-corrected chi connectivity index (χ4v) is 5.56. The van der Waals surface area contributed by atoms with Crippen molar-refractivity contribution in [3.8, 4) is 0 Å². The number of anilines is 3. The molecule has 2 saturated heterocycles. The number of hydrogen-bond donors (Lipinski definition) is 4. The quantitative estimate of drug-likeness (QED) is 0.358. The molecule has 2 fully saturated rings. The van der Waals surface area contributed by atoms with Gasteiger partial charge < -0.3 is 32.3 Å². The molecule has 2 aromatic heterocycles. The van der Waals surface area contributed by atoms with E-state index in [1.54, 1.807) is 12.1 Å². The van der Waals surface area contributed by atoms with E-state index in [1.807, 2.05) is 4.90 Å². The van der Waals surface area contributed by atoms with Crippen molar-refractivity contribution in [2.45, 2.75) is 38.3 Å². The highest BCUT2D eigenvalue weighted by atomic mass is 35.5. The second-order valence-electron chi connectivity index (χ2n) is 9.45. The highest BCUT2D eigenvalue weighted by Crippen LogP contribution is 2.30. The summed E-state index contributed by atoms with van der Waals surface area (Å²) in [6.45, 7) is 6.25. The highest BCUT2D eigenvalue weighted by Gasteiger charge is 2.35. The lowest BCUT2D eigenvalue weighted by molar-refractivity contribution is 0.0491. The average molecular weight is 566 g/mol. The predicted octanol–water partition coefficient (Wildman–Crippen LogP) is 1.24. The normalized spacial score (nSPS) is 19.0. The number of carbonyl (C=O) groups is 2. The van der Waals surface area contributed by atoms with Crippen molar-refractivity contribution in [1.82, 2.24) is 30.1 Å². The molecule has 0 saturated carbocycles. The predicted molar refractivity (Wildman–Crippen MR) is 148 cm³/mol. The molecule has 2 aliphatic rings. The van der Waals surface area contributed by atoms with Crippen LogP contribution in [0, 0.1) is 0 Å². The van der Waals surface area contributed by atoms with Crippen LogP contribution in [0.2, 0.25) is 10.3 Å². The number of likely N-dealkylation sites (tertiary alicyclic amines) is 1. The number of carbonyl (C=O) groups excluding carboxylic acids is 2. The smallest absolute Gasteiger partial charge is 0.273 e. The van der Waals surface area contributed by atoms with Crippen LogP contribution in [0.15, 0.2) is 12.1 Å². The summed E-state index contributed by atoms with van der Waals surface area (Å²) in [6.07, 6.45) is 2.66. The zero-order chi connectivity index (χ0) is 27.4. The van der Waals surface area contributed by atoms with E-state index in [1.165, 1.54) is 0 Å². The summed E-state index contributed by atoms with van der Waals surface area (Å²) < 4.78 is 0. The Morgan fingerprint density at radius 1 is 1.05 bits per heavy atom. The van der Waals surface area contributed by atoms with E-state index in [-0.39, 0.29) is 39.6 Å². The van der Waals surface area contributed by atoms with Crippen molar-refractivity contribution in [2.75, 3.05) is 62.2 Å². The number of halogens is 2. The fourth-order valence-electron chi connectivity index (χ4n) is 5.16. The average Bonchev–Trinajstić information content (AvgIpc) is 2.92. The number of rotatable bonds is 7. The summed E-state index contributed by atoms with van der Waals surface area (Å²) in [7, 11) is 0. The molecule has 0 aliphatic carbocycles. The summed E-state index contributed by atoms with van der Waals surface area (Å²) in [4.78, 5) is 44.4. The van der Waals surface area contributed by atoms with Gasteiger partial charge in [0.2, 0.25) is 0 Å². The minimum absolute atomic E-state index is 0.00433. The third-order valence-corrected chi connectivity index (χ3v) is 7.61. The minimum Gasteiger partial charge on any atom is -0.383 e. The largest absolute Gasteiger partial charge is 0.383 e. The third-order valence-electron chi connectivity index (χ3n) is 7.15. The summed E-state index contributed by atoms with van der Waals surface area (Å²) in [5, 5.41) is 3.04. The molecule has 0 unspecified atom stereocenters. The number of nitrogens with zero attached hydrogens (tertiary/aromatic N) is 6. The number of aromatic nitrogens is 3. The summed E-state index contributed by atoms with van der Waals surface area (Å²) in [5.74, 6) is 0.0894. The lowest BCUT2D eigenvalue weighted by Gasteiger charge is -2.47. The minimum atomic E-state index is -0.454. The standard InChI is InChI=1S/C24H34Cl2N10O2/c1-2-14-13-35(22-19(26)32-18(21(29)33-22)23(37)30-8-7-27)11-12-36(14)15-5-9-34(10-6-15)24(38)16-3-4-17(25)31-20(16)28/h3-4,14-15H,2,5-13,27H2,1H3,(H2,28,31)(H2,29,33)(H,30,37)/t14-/m0/s1. The topological polar surface area (TPSA) is 173 Å². The second kappa shape index (κ2) is 12.3. The summed E-state index contributed by atoms with van der Waals surface area (Å²) in [6, 6.07) is 3.83. The number of nitrogens with one attached hydrogen (secondary N) is 1. The number of pyridine rings is 1. The van der Waals surface area contributed by atoms with Crippen molar-refractivity contribution < 1.29 is 9.59 Å². The van der Waals surface area contributed by atoms with Crippen LogP contribution in [-0.2, 0) is 0 Å². The Labute approximate surface area is 231 Å². The van der Waals surface area contributed by atoms with Gasteiger partial charge in [-0.15, -0.1) is 0 Å². The van der Waals surface area contributed by atoms with Crippen molar-refractivity contribution in [2.24, 2.45) is 5.73 Å². The first kappa shape index (κ1) is 28.1. The molecule has 1 atom stereocenters. The van der Waals surface area contributed by atoms with Crippen LogP contribution >= 0.6 is 23.2 Å². The van der Waals surface area contributed by atoms with Gasteiger partial charge in [0.25, 0.3) is 11.8 Å². The first-order valence-electron chi connectivity index (χ1n) is 12.8. The van der Waals surface area contributed by atoms with Crippen molar-refractivity contribution in [3.63, 3.8) is 0 Å². The Balaban J connectivity index is 1.38. The third kappa shape index (κ3) is 6.04. The van der Waals surface area contributed by atoms with Gasteiger partial charge in [0.05, 0.1) is 5.56 Å². The van der Waals surface area contributed by atoms with Crippen molar-refractivity contribution in [1.29, 1.82) is 0 Å². The van der Waals surface area contributed by atoms with Crippen LogP contribution in [-0.4, -0.2) is 94.5 Å².